The summed E-state index contributed by atoms with van der Waals surface area (Å²) in [5.41, 5.74) is 0. The standard InChI is InChI=1S/C12H17NO3S/c14-11-5-7-12(8-6-11)17(15,16)13-9-10-3-1-2-4-10/h5-8,10,13-14H,1-4,9H2. The molecule has 0 amide bonds. The van der Waals surface area contributed by atoms with Crippen molar-refractivity contribution >= 4 is 10.0 Å². The minimum Gasteiger partial charge on any atom is -0.508 e. The maximum absolute atomic E-state index is 11.9. The van der Waals surface area contributed by atoms with Crippen LogP contribution in [0, 0.1) is 5.92 Å². The van der Waals surface area contributed by atoms with Crippen LogP contribution in [0.25, 0.3) is 0 Å². The van der Waals surface area contributed by atoms with E-state index in [0.717, 1.165) is 12.8 Å². The van der Waals surface area contributed by atoms with E-state index < -0.39 is 10.0 Å². The molecule has 2 N–H and O–H groups in total. The van der Waals surface area contributed by atoms with Crippen LogP contribution in [0.4, 0.5) is 0 Å². The number of hydrogen-bond acceptors (Lipinski definition) is 3. The summed E-state index contributed by atoms with van der Waals surface area (Å²) < 4.78 is 26.4. The zero-order valence-electron chi connectivity index (χ0n) is 9.59. The van der Waals surface area contributed by atoms with Gasteiger partial charge in [-0.1, -0.05) is 12.8 Å². The SMILES string of the molecule is O=S(=O)(NCC1CCCC1)c1ccc(O)cc1. The van der Waals surface area contributed by atoms with Gasteiger partial charge in [-0.3, -0.25) is 0 Å². The highest BCUT2D eigenvalue weighted by Crippen LogP contribution is 2.24. The van der Waals surface area contributed by atoms with Gasteiger partial charge in [0.05, 0.1) is 4.90 Å². The van der Waals surface area contributed by atoms with E-state index in [1.807, 2.05) is 0 Å². The summed E-state index contributed by atoms with van der Waals surface area (Å²) in [6.45, 7) is 0.517. The first-order valence-corrected chi connectivity index (χ1v) is 7.35. The number of phenols is 1. The molecular weight excluding hydrogens is 238 g/mol. The molecule has 0 atom stereocenters. The molecule has 5 heteroatoms. The van der Waals surface area contributed by atoms with Crippen LogP contribution in [0.3, 0.4) is 0 Å². The summed E-state index contributed by atoms with van der Waals surface area (Å²) in [7, 11) is -3.43. The maximum atomic E-state index is 11.9. The second-order valence-corrected chi connectivity index (χ2v) is 6.26. The van der Waals surface area contributed by atoms with Gasteiger partial charge >= 0.3 is 0 Å². The van der Waals surface area contributed by atoms with Crippen LogP contribution in [0.5, 0.6) is 5.75 Å². The van der Waals surface area contributed by atoms with Gasteiger partial charge < -0.3 is 5.11 Å². The molecule has 17 heavy (non-hydrogen) atoms. The lowest BCUT2D eigenvalue weighted by Gasteiger charge is -2.11. The fourth-order valence-electron chi connectivity index (χ4n) is 2.15. The number of phenolic OH excluding ortho intramolecular Hbond substituents is 1. The Morgan fingerprint density at radius 1 is 1.18 bits per heavy atom. The van der Waals surface area contributed by atoms with Crippen LogP contribution in [-0.2, 0) is 10.0 Å². The second kappa shape index (κ2) is 5.06. The number of sulfonamides is 1. The Bertz CT molecular complexity index is 461. The summed E-state index contributed by atoms with van der Waals surface area (Å²) in [6.07, 6.45) is 4.62. The molecule has 1 saturated carbocycles. The Kier molecular flexibility index (Phi) is 3.69. The predicted octanol–water partition coefficient (Wildman–Crippen LogP) is 1.86. The molecule has 0 saturated heterocycles. The van der Waals surface area contributed by atoms with Crippen molar-refractivity contribution in [3.05, 3.63) is 24.3 Å². The van der Waals surface area contributed by atoms with Gasteiger partial charge in [0.25, 0.3) is 0 Å². The highest BCUT2D eigenvalue weighted by molar-refractivity contribution is 7.89. The first-order chi connectivity index (χ1) is 8.08. The van der Waals surface area contributed by atoms with E-state index in [1.54, 1.807) is 0 Å². The van der Waals surface area contributed by atoms with Gasteiger partial charge in [0.15, 0.2) is 0 Å². The largest absolute Gasteiger partial charge is 0.508 e. The van der Waals surface area contributed by atoms with Gasteiger partial charge in [0.1, 0.15) is 5.75 Å². The summed E-state index contributed by atoms with van der Waals surface area (Å²) in [4.78, 5) is 0.202. The van der Waals surface area contributed by atoms with E-state index in [-0.39, 0.29) is 10.6 Å². The summed E-state index contributed by atoms with van der Waals surface area (Å²) in [6, 6.07) is 5.58. The van der Waals surface area contributed by atoms with E-state index >= 15 is 0 Å². The normalized spacial score (nSPS) is 17.4. The van der Waals surface area contributed by atoms with Crippen LogP contribution < -0.4 is 4.72 Å². The van der Waals surface area contributed by atoms with E-state index in [0.29, 0.717) is 12.5 Å². The molecule has 0 radical (unpaired) electrons. The van der Waals surface area contributed by atoms with Gasteiger partial charge in [-0.25, -0.2) is 13.1 Å². The molecule has 1 aromatic rings. The van der Waals surface area contributed by atoms with Crippen molar-refractivity contribution in [2.24, 2.45) is 5.92 Å². The Morgan fingerprint density at radius 2 is 1.76 bits per heavy atom. The molecule has 1 aliphatic carbocycles. The highest BCUT2D eigenvalue weighted by Gasteiger charge is 2.19. The lowest BCUT2D eigenvalue weighted by molar-refractivity contribution is 0.474. The van der Waals surface area contributed by atoms with Crippen molar-refractivity contribution in [1.29, 1.82) is 0 Å². The number of hydrogen-bond donors (Lipinski definition) is 2. The molecular formula is C12H17NO3S. The van der Waals surface area contributed by atoms with Gasteiger partial charge in [-0.05, 0) is 43.0 Å². The maximum Gasteiger partial charge on any atom is 0.240 e. The van der Waals surface area contributed by atoms with Crippen molar-refractivity contribution < 1.29 is 13.5 Å². The molecule has 0 aromatic heterocycles. The lowest BCUT2D eigenvalue weighted by Crippen LogP contribution is -2.28. The van der Waals surface area contributed by atoms with Crippen LogP contribution >= 0.6 is 0 Å². The third kappa shape index (κ3) is 3.20. The molecule has 4 nitrogen and oxygen atoms in total. The van der Waals surface area contributed by atoms with Crippen LogP contribution in [-0.4, -0.2) is 20.1 Å². The van der Waals surface area contributed by atoms with Crippen molar-refractivity contribution in [1.82, 2.24) is 4.72 Å². The fourth-order valence-corrected chi connectivity index (χ4v) is 3.27. The van der Waals surface area contributed by atoms with Crippen molar-refractivity contribution in [2.75, 3.05) is 6.54 Å². The summed E-state index contributed by atoms with van der Waals surface area (Å²) in [5.74, 6) is 0.543. The molecule has 1 aliphatic rings. The molecule has 0 aliphatic heterocycles. The van der Waals surface area contributed by atoms with Crippen LogP contribution in [0.1, 0.15) is 25.7 Å². The van der Waals surface area contributed by atoms with E-state index in [1.165, 1.54) is 37.1 Å². The first kappa shape index (κ1) is 12.4. The third-order valence-corrected chi connectivity index (χ3v) is 4.62. The smallest absolute Gasteiger partial charge is 0.240 e. The Morgan fingerprint density at radius 3 is 2.35 bits per heavy atom. The molecule has 0 spiro atoms. The number of aromatic hydroxyl groups is 1. The van der Waals surface area contributed by atoms with Gasteiger partial charge in [0, 0.05) is 6.54 Å². The van der Waals surface area contributed by atoms with Crippen molar-refractivity contribution in [3.63, 3.8) is 0 Å². The molecule has 2 rings (SSSR count). The molecule has 1 aromatic carbocycles. The van der Waals surface area contributed by atoms with Crippen molar-refractivity contribution in [2.45, 2.75) is 30.6 Å². The zero-order valence-corrected chi connectivity index (χ0v) is 10.4. The fraction of sp³-hybridized carbons (Fsp3) is 0.500. The minimum atomic E-state index is -3.43. The Balaban J connectivity index is 2.00. The quantitative estimate of drug-likeness (QED) is 0.863. The van der Waals surface area contributed by atoms with E-state index in [2.05, 4.69) is 4.72 Å². The summed E-state index contributed by atoms with van der Waals surface area (Å²) in [5, 5.41) is 9.11. The number of rotatable bonds is 4. The average Bonchev–Trinajstić information content (AvgIpc) is 2.80. The zero-order chi connectivity index (χ0) is 12.3. The van der Waals surface area contributed by atoms with Crippen molar-refractivity contribution in [3.8, 4) is 5.75 Å². The van der Waals surface area contributed by atoms with Crippen LogP contribution in [0.2, 0.25) is 0 Å². The van der Waals surface area contributed by atoms with E-state index in [9.17, 15) is 8.42 Å². The van der Waals surface area contributed by atoms with Gasteiger partial charge in [0.2, 0.25) is 10.0 Å². The minimum absolute atomic E-state index is 0.0692. The van der Waals surface area contributed by atoms with Crippen LogP contribution in [0.15, 0.2) is 29.2 Å². The monoisotopic (exact) mass is 255 g/mol. The first-order valence-electron chi connectivity index (χ1n) is 5.86. The lowest BCUT2D eigenvalue weighted by atomic mass is 10.1. The number of nitrogens with one attached hydrogen (secondary N) is 1. The van der Waals surface area contributed by atoms with Gasteiger partial charge in [-0.2, -0.15) is 0 Å². The molecule has 0 heterocycles. The molecule has 94 valence electrons. The Hall–Kier alpha value is -1.07. The second-order valence-electron chi connectivity index (χ2n) is 4.50. The van der Waals surface area contributed by atoms with Gasteiger partial charge in [-0.15, -0.1) is 0 Å². The highest BCUT2D eigenvalue weighted by atomic mass is 32.2. The predicted molar refractivity (Wildman–Crippen MR) is 65.3 cm³/mol. The summed E-state index contributed by atoms with van der Waals surface area (Å²) >= 11 is 0. The molecule has 1 fully saturated rings. The Labute approximate surface area is 102 Å². The molecule has 0 bridgehead atoms. The van der Waals surface area contributed by atoms with E-state index in [4.69, 9.17) is 5.11 Å². The topological polar surface area (TPSA) is 66.4 Å². The third-order valence-electron chi connectivity index (χ3n) is 3.18. The number of benzene rings is 1. The molecule has 0 unspecified atom stereocenters. The average molecular weight is 255 g/mol.